The zero-order chi connectivity index (χ0) is 24.1. The van der Waals surface area contributed by atoms with Gasteiger partial charge < -0.3 is 9.30 Å². The molecular formula is C27H22FN3O3. The summed E-state index contributed by atoms with van der Waals surface area (Å²) in [6.45, 7) is 4.06. The predicted octanol–water partition coefficient (Wildman–Crippen LogP) is 5.22. The third kappa shape index (κ3) is 5.10. The van der Waals surface area contributed by atoms with Gasteiger partial charge in [-0.2, -0.15) is 5.10 Å². The fourth-order valence-electron chi connectivity index (χ4n) is 3.48. The molecule has 1 amide bonds. The minimum atomic E-state index is -0.778. The van der Waals surface area contributed by atoms with Crippen molar-refractivity contribution in [3.05, 3.63) is 119 Å². The van der Waals surface area contributed by atoms with Crippen LogP contribution in [-0.2, 0) is 0 Å². The summed E-state index contributed by atoms with van der Waals surface area (Å²) in [7, 11) is 0. The zero-order valence-corrected chi connectivity index (χ0v) is 18.7. The molecule has 4 aromatic rings. The van der Waals surface area contributed by atoms with E-state index in [0.29, 0.717) is 11.1 Å². The van der Waals surface area contributed by atoms with Gasteiger partial charge in [-0.25, -0.2) is 14.6 Å². The van der Waals surface area contributed by atoms with Gasteiger partial charge in [0.1, 0.15) is 11.6 Å². The maximum Gasteiger partial charge on any atom is 0.346 e. The number of hydrogen-bond donors (Lipinski definition) is 1. The van der Waals surface area contributed by atoms with Gasteiger partial charge >= 0.3 is 5.97 Å². The van der Waals surface area contributed by atoms with E-state index in [-0.39, 0.29) is 17.2 Å². The maximum atomic E-state index is 13.7. The van der Waals surface area contributed by atoms with Gasteiger partial charge in [-0.3, -0.25) is 4.79 Å². The second kappa shape index (κ2) is 9.95. The van der Waals surface area contributed by atoms with Crippen LogP contribution in [0.4, 0.5) is 4.39 Å². The van der Waals surface area contributed by atoms with E-state index in [2.05, 4.69) is 15.1 Å². The van der Waals surface area contributed by atoms with Gasteiger partial charge in [0, 0.05) is 22.6 Å². The molecule has 0 saturated carbocycles. The first-order valence-electron chi connectivity index (χ1n) is 10.6. The number of esters is 1. The summed E-state index contributed by atoms with van der Waals surface area (Å²) in [6.07, 6.45) is 1.47. The van der Waals surface area contributed by atoms with Gasteiger partial charge in [-0.15, -0.1) is 0 Å². The van der Waals surface area contributed by atoms with Crippen LogP contribution in [0.15, 0.2) is 90.0 Å². The smallest absolute Gasteiger partial charge is 0.346 e. The molecule has 0 bridgehead atoms. The number of aryl methyl sites for hydroxylation is 2. The first kappa shape index (κ1) is 22.7. The Morgan fingerprint density at radius 1 is 0.882 bits per heavy atom. The SMILES string of the molecule is Cc1ccc(C)n1-c1ccc(C(=O)NN=Cc2ccc(OC(=O)c3ccccc3F)cc2)cc1. The van der Waals surface area contributed by atoms with Crippen molar-refractivity contribution in [3.63, 3.8) is 0 Å². The Labute approximate surface area is 196 Å². The summed E-state index contributed by atoms with van der Waals surface area (Å²) in [5.41, 5.74) is 6.74. The Hall–Kier alpha value is -4.52. The zero-order valence-electron chi connectivity index (χ0n) is 18.7. The van der Waals surface area contributed by atoms with Crippen molar-refractivity contribution in [1.29, 1.82) is 0 Å². The lowest BCUT2D eigenvalue weighted by molar-refractivity contribution is 0.0729. The van der Waals surface area contributed by atoms with Crippen LogP contribution < -0.4 is 10.2 Å². The summed E-state index contributed by atoms with van der Waals surface area (Å²) in [4.78, 5) is 24.5. The minimum absolute atomic E-state index is 0.137. The van der Waals surface area contributed by atoms with Crippen LogP contribution in [0.3, 0.4) is 0 Å². The van der Waals surface area contributed by atoms with Crippen LogP contribution in [0.2, 0.25) is 0 Å². The fourth-order valence-corrected chi connectivity index (χ4v) is 3.48. The van der Waals surface area contributed by atoms with Crippen molar-refractivity contribution in [2.24, 2.45) is 5.10 Å². The third-order valence-electron chi connectivity index (χ3n) is 5.22. The first-order valence-corrected chi connectivity index (χ1v) is 10.6. The Morgan fingerprint density at radius 3 is 2.18 bits per heavy atom. The Bertz CT molecular complexity index is 1340. The summed E-state index contributed by atoms with van der Waals surface area (Å²) >= 11 is 0. The number of amides is 1. The number of nitrogens with zero attached hydrogens (tertiary/aromatic N) is 2. The van der Waals surface area contributed by atoms with Gasteiger partial charge in [0.25, 0.3) is 5.91 Å². The van der Waals surface area contributed by atoms with Crippen LogP contribution in [0.1, 0.15) is 37.7 Å². The second-order valence-electron chi connectivity index (χ2n) is 7.64. The van der Waals surface area contributed by atoms with Crippen LogP contribution in [0.25, 0.3) is 5.69 Å². The van der Waals surface area contributed by atoms with E-state index >= 15 is 0 Å². The molecule has 1 N–H and O–H groups in total. The summed E-state index contributed by atoms with van der Waals surface area (Å²) in [5.74, 6) is -1.49. The van der Waals surface area contributed by atoms with Crippen molar-refractivity contribution < 1.29 is 18.7 Å². The number of halogens is 1. The normalized spacial score (nSPS) is 10.9. The number of hydrazone groups is 1. The van der Waals surface area contributed by atoms with Gasteiger partial charge in [-0.1, -0.05) is 12.1 Å². The second-order valence-corrected chi connectivity index (χ2v) is 7.64. The molecule has 0 unspecified atom stereocenters. The molecule has 3 aromatic carbocycles. The summed E-state index contributed by atoms with van der Waals surface area (Å²) < 4.78 is 21.0. The minimum Gasteiger partial charge on any atom is -0.423 e. The number of carbonyl (C=O) groups excluding carboxylic acids is 2. The highest BCUT2D eigenvalue weighted by Gasteiger charge is 2.13. The van der Waals surface area contributed by atoms with E-state index in [1.807, 2.05) is 38.1 Å². The standard InChI is InChI=1S/C27H22FN3O3/c1-18-7-8-19(2)31(18)22-13-11-21(12-14-22)26(32)30-29-17-20-9-15-23(16-10-20)34-27(33)24-5-3-4-6-25(24)28/h3-17H,1-2H3,(H,30,32). The highest BCUT2D eigenvalue weighted by Crippen LogP contribution is 2.17. The highest BCUT2D eigenvalue weighted by molar-refractivity contribution is 5.95. The number of ether oxygens (including phenoxy) is 1. The molecule has 170 valence electrons. The number of rotatable bonds is 6. The number of benzene rings is 3. The van der Waals surface area contributed by atoms with Gasteiger partial charge in [-0.05, 0) is 92.2 Å². The molecule has 1 aromatic heterocycles. The molecule has 0 radical (unpaired) electrons. The molecule has 34 heavy (non-hydrogen) atoms. The van der Waals surface area contributed by atoms with Gasteiger partial charge in [0.15, 0.2) is 0 Å². The molecule has 7 heteroatoms. The molecule has 0 fully saturated rings. The lowest BCUT2D eigenvalue weighted by atomic mass is 10.2. The predicted molar refractivity (Wildman–Crippen MR) is 128 cm³/mol. The van der Waals surface area contributed by atoms with Crippen molar-refractivity contribution in [2.45, 2.75) is 13.8 Å². The largest absolute Gasteiger partial charge is 0.423 e. The van der Waals surface area contributed by atoms with Crippen molar-refractivity contribution in [3.8, 4) is 11.4 Å². The maximum absolute atomic E-state index is 13.7. The Morgan fingerprint density at radius 2 is 1.53 bits per heavy atom. The van der Waals surface area contributed by atoms with Crippen molar-refractivity contribution in [2.75, 3.05) is 0 Å². The fraction of sp³-hybridized carbons (Fsp3) is 0.0741. The van der Waals surface area contributed by atoms with Crippen LogP contribution in [0.5, 0.6) is 5.75 Å². The monoisotopic (exact) mass is 455 g/mol. The van der Waals surface area contributed by atoms with E-state index in [0.717, 1.165) is 17.1 Å². The van der Waals surface area contributed by atoms with Crippen molar-refractivity contribution >= 4 is 18.1 Å². The van der Waals surface area contributed by atoms with Crippen LogP contribution in [0, 0.1) is 19.7 Å². The molecule has 0 aliphatic carbocycles. The quantitative estimate of drug-likeness (QED) is 0.188. The van der Waals surface area contributed by atoms with Crippen molar-refractivity contribution in [1.82, 2.24) is 9.99 Å². The molecule has 4 rings (SSSR count). The van der Waals surface area contributed by atoms with E-state index in [9.17, 15) is 14.0 Å². The lowest BCUT2D eigenvalue weighted by Crippen LogP contribution is -2.17. The molecule has 1 heterocycles. The Kier molecular flexibility index (Phi) is 6.64. The van der Waals surface area contributed by atoms with E-state index in [1.165, 1.54) is 24.4 Å². The van der Waals surface area contributed by atoms with E-state index in [4.69, 9.17) is 4.74 Å². The van der Waals surface area contributed by atoms with E-state index in [1.54, 1.807) is 42.5 Å². The molecule has 0 spiro atoms. The summed E-state index contributed by atoms with van der Waals surface area (Å²) in [6, 6.07) is 23.4. The average molecular weight is 455 g/mol. The third-order valence-corrected chi connectivity index (χ3v) is 5.22. The number of hydrogen-bond acceptors (Lipinski definition) is 4. The lowest BCUT2D eigenvalue weighted by Gasteiger charge is -2.10. The van der Waals surface area contributed by atoms with E-state index < -0.39 is 11.8 Å². The van der Waals surface area contributed by atoms with Gasteiger partial charge in [0.2, 0.25) is 0 Å². The average Bonchev–Trinajstić information content (AvgIpc) is 3.18. The Balaban J connectivity index is 1.34. The number of aromatic nitrogens is 1. The van der Waals surface area contributed by atoms with Crippen LogP contribution >= 0.6 is 0 Å². The van der Waals surface area contributed by atoms with Crippen LogP contribution in [-0.4, -0.2) is 22.7 Å². The first-order chi connectivity index (χ1) is 16.4. The molecule has 6 nitrogen and oxygen atoms in total. The topological polar surface area (TPSA) is 72.7 Å². The molecular weight excluding hydrogens is 433 g/mol. The summed E-state index contributed by atoms with van der Waals surface area (Å²) in [5, 5.41) is 3.98. The molecule has 0 atom stereocenters. The number of nitrogens with one attached hydrogen (secondary N) is 1. The molecule has 0 aliphatic rings. The van der Waals surface area contributed by atoms with Gasteiger partial charge in [0.05, 0.1) is 11.8 Å². The number of carbonyl (C=O) groups is 2. The molecule has 0 saturated heterocycles. The highest BCUT2D eigenvalue weighted by atomic mass is 19.1. The molecule has 0 aliphatic heterocycles.